The first-order valence-electron chi connectivity index (χ1n) is 6.41. The zero-order chi connectivity index (χ0) is 13.3. The van der Waals surface area contributed by atoms with E-state index in [2.05, 4.69) is 4.98 Å². The smallest absolute Gasteiger partial charge is 0.293 e. The van der Waals surface area contributed by atoms with Gasteiger partial charge >= 0.3 is 0 Å². The van der Waals surface area contributed by atoms with Crippen LogP contribution in [0.15, 0.2) is 17.2 Å². The maximum atomic E-state index is 12.4. The molecule has 18 heavy (non-hydrogen) atoms. The molecule has 100 valence electrons. The summed E-state index contributed by atoms with van der Waals surface area (Å²) in [5, 5.41) is 9.50. The van der Waals surface area contributed by atoms with Gasteiger partial charge in [0.15, 0.2) is 5.82 Å². The molecule has 0 unspecified atom stereocenters. The zero-order valence-corrected chi connectivity index (χ0v) is 11.3. The van der Waals surface area contributed by atoms with Gasteiger partial charge in [0.2, 0.25) is 0 Å². The van der Waals surface area contributed by atoms with Crippen LogP contribution in [-0.2, 0) is 5.54 Å². The standard InChI is InChI=1S/C13H21N3O2/c1-13(2,3)16-9-6-14-11(12(16)18)15-7-4-10(17)5-8-15/h6,9-10,17H,4-5,7-8H2,1-3H3. The Kier molecular flexibility index (Phi) is 3.43. The second-order valence-electron chi connectivity index (χ2n) is 5.82. The molecule has 0 aromatic carbocycles. The maximum absolute atomic E-state index is 12.4. The zero-order valence-electron chi connectivity index (χ0n) is 11.3. The van der Waals surface area contributed by atoms with Gasteiger partial charge in [-0.3, -0.25) is 4.79 Å². The molecule has 1 fully saturated rings. The van der Waals surface area contributed by atoms with Crippen molar-refractivity contribution in [2.24, 2.45) is 0 Å². The molecule has 1 aliphatic rings. The number of aliphatic hydroxyl groups excluding tert-OH is 1. The highest BCUT2D eigenvalue weighted by atomic mass is 16.3. The van der Waals surface area contributed by atoms with Gasteiger partial charge < -0.3 is 14.6 Å². The fraction of sp³-hybridized carbons (Fsp3) is 0.692. The molecule has 0 aliphatic carbocycles. The van der Waals surface area contributed by atoms with E-state index in [0.29, 0.717) is 31.7 Å². The number of aliphatic hydroxyl groups is 1. The molecule has 1 aliphatic heterocycles. The molecule has 0 spiro atoms. The van der Waals surface area contributed by atoms with Gasteiger partial charge in [-0.25, -0.2) is 4.98 Å². The Balaban J connectivity index is 2.32. The van der Waals surface area contributed by atoms with Gasteiger partial charge in [-0.05, 0) is 33.6 Å². The molecule has 0 saturated carbocycles. The molecule has 0 atom stereocenters. The molecule has 1 aromatic heterocycles. The van der Waals surface area contributed by atoms with Crippen molar-refractivity contribution < 1.29 is 5.11 Å². The molecular formula is C13H21N3O2. The Morgan fingerprint density at radius 3 is 2.50 bits per heavy atom. The number of hydrogen-bond donors (Lipinski definition) is 1. The molecule has 5 heteroatoms. The number of aromatic nitrogens is 2. The lowest BCUT2D eigenvalue weighted by Gasteiger charge is -2.31. The minimum absolute atomic E-state index is 0.0543. The SMILES string of the molecule is CC(C)(C)n1ccnc(N2CCC(O)CC2)c1=O. The fourth-order valence-electron chi connectivity index (χ4n) is 2.22. The van der Waals surface area contributed by atoms with E-state index in [1.54, 1.807) is 17.0 Å². The largest absolute Gasteiger partial charge is 0.393 e. The van der Waals surface area contributed by atoms with E-state index in [1.165, 1.54) is 0 Å². The van der Waals surface area contributed by atoms with Crippen molar-refractivity contribution in [3.8, 4) is 0 Å². The first-order chi connectivity index (χ1) is 8.39. The third-order valence-electron chi connectivity index (χ3n) is 3.31. The summed E-state index contributed by atoms with van der Waals surface area (Å²) in [6.07, 6.45) is 4.56. The van der Waals surface area contributed by atoms with E-state index in [0.717, 1.165) is 0 Å². The summed E-state index contributed by atoms with van der Waals surface area (Å²) >= 11 is 0. The number of hydrogen-bond acceptors (Lipinski definition) is 4. The minimum atomic E-state index is -0.246. The van der Waals surface area contributed by atoms with Crippen LogP contribution in [0.4, 0.5) is 5.82 Å². The number of piperidine rings is 1. The van der Waals surface area contributed by atoms with Crippen molar-refractivity contribution in [1.29, 1.82) is 0 Å². The third-order valence-corrected chi connectivity index (χ3v) is 3.31. The van der Waals surface area contributed by atoms with Gasteiger partial charge in [0.1, 0.15) is 0 Å². The third kappa shape index (κ3) is 2.56. The first kappa shape index (κ1) is 13.1. The summed E-state index contributed by atoms with van der Waals surface area (Å²) in [5.74, 6) is 0.499. The molecule has 5 nitrogen and oxygen atoms in total. The Morgan fingerprint density at radius 1 is 1.33 bits per heavy atom. The number of nitrogens with zero attached hydrogens (tertiary/aromatic N) is 3. The molecule has 0 radical (unpaired) electrons. The summed E-state index contributed by atoms with van der Waals surface area (Å²) in [5.41, 5.74) is -0.300. The Bertz CT molecular complexity index is 468. The van der Waals surface area contributed by atoms with Crippen molar-refractivity contribution in [3.05, 3.63) is 22.7 Å². The summed E-state index contributed by atoms with van der Waals surface area (Å²) in [6.45, 7) is 7.38. The molecule has 2 rings (SSSR count). The van der Waals surface area contributed by atoms with Crippen LogP contribution in [0.5, 0.6) is 0 Å². The summed E-state index contributed by atoms with van der Waals surface area (Å²) in [6, 6.07) is 0. The van der Waals surface area contributed by atoms with E-state index in [9.17, 15) is 9.90 Å². The number of anilines is 1. The lowest BCUT2D eigenvalue weighted by Crippen LogP contribution is -2.42. The Hall–Kier alpha value is -1.36. The summed E-state index contributed by atoms with van der Waals surface area (Å²) in [4.78, 5) is 18.6. The Labute approximate surface area is 107 Å². The summed E-state index contributed by atoms with van der Waals surface area (Å²) in [7, 11) is 0. The predicted octanol–water partition coefficient (Wildman–Crippen LogP) is 0.959. The van der Waals surface area contributed by atoms with Gasteiger partial charge in [-0.2, -0.15) is 0 Å². The van der Waals surface area contributed by atoms with E-state index in [-0.39, 0.29) is 17.2 Å². The minimum Gasteiger partial charge on any atom is -0.393 e. The van der Waals surface area contributed by atoms with Crippen LogP contribution in [0.25, 0.3) is 0 Å². The van der Waals surface area contributed by atoms with Crippen LogP contribution >= 0.6 is 0 Å². The summed E-state index contributed by atoms with van der Waals surface area (Å²) < 4.78 is 1.71. The average molecular weight is 251 g/mol. The average Bonchev–Trinajstić information content (AvgIpc) is 2.29. The molecule has 1 saturated heterocycles. The van der Waals surface area contributed by atoms with Crippen molar-refractivity contribution in [2.45, 2.75) is 45.3 Å². The van der Waals surface area contributed by atoms with E-state index in [4.69, 9.17) is 0 Å². The van der Waals surface area contributed by atoms with Gasteiger partial charge in [-0.1, -0.05) is 0 Å². The quantitative estimate of drug-likeness (QED) is 0.807. The molecule has 1 aromatic rings. The van der Waals surface area contributed by atoms with E-state index >= 15 is 0 Å². The second-order valence-corrected chi connectivity index (χ2v) is 5.82. The topological polar surface area (TPSA) is 58.4 Å². The predicted molar refractivity (Wildman–Crippen MR) is 70.9 cm³/mol. The van der Waals surface area contributed by atoms with Crippen molar-refractivity contribution >= 4 is 5.82 Å². The van der Waals surface area contributed by atoms with Crippen LogP contribution in [-0.4, -0.2) is 33.9 Å². The van der Waals surface area contributed by atoms with Crippen LogP contribution < -0.4 is 10.5 Å². The van der Waals surface area contributed by atoms with Gasteiger partial charge in [0.25, 0.3) is 5.56 Å². The monoisotopic (exact) mass is 251 g/mol. The number of rotatable bonds is 1. The highest BCUT2D eigenvalue weighted by Crippen LogP contribution is 2.16. The Morgan fingerprint density at radius 2 is 1.94 bits per heavy atom. The van der Waals surface area contributed by atoms with Crippen LogP contribution in [0, 0.1) is 0 Å². The van der Waals surface area contributed by atoms with Crippen molar-refractivity contribution in [2.75, 3.05) is 18.0 Å². The van der Waals surface area contributed by atoms with E-state index < -0.39 is 0 Å². The molecule has 0 amide bonds. The maximum Gasteiger partial charge on any atom is 0.293 e. The van der Waals surface area contributed by atoms with Gasteiger partial charge in [-0.15, -0.1) is 0 Å². The molecular weight excluding hydrogens is 230 g/mol. The van der Waals surface area contributed by atoms with Crippen LogP contribution in [0.1, 0.15) is 33.6 Å². The lowest BCUT2D eigenvalue weighted by atomic mass is 10.1. The fourth-order valence-corrected chi connectivity index (χ4v) is 2.22. The second kappa shape index (κ2) is 4.72. The lowest BCUT2D eigenvalue weighted by molar-refractivity contribution is 0.145. The molecule has 1 N–H and O–H groups in total. The molecule has 0 bridgehead atoms. The highest BCUT2D eigenvalue weighted by Gasteiger charge is 2.23. The van der Waals surface area contributed by atoms with E-state index in [1.807, 2.05) is 25.7 Å². The van der Waals surface area contributed by atoms with Crippen LogP contribution in [0.2, 0.25) is 0 Å². The van der Waals surface area contributed by atoms with Crippen molar-refractivity contribution in [3.63, 3.8) is 0 Å². The van der Waals surface area contributed by atoms with Crippen LogP contribution in [0.3, 0.4) is 0 Å². The van der Waals surface area contributed by atoms with Gasteiger partial charge in [0.05, 0.1) is 6.10 Å². The van der Waals surface area contributed by atoms with Crippen molar-refractivity contribution in [1.82, 2.24) is 9.55 Å². The van der Waals surface area contributed by atoms with Gasteiger partial charge in [0, 0.05) is 31.0 Å². The normalized spacial score (nSPS) is 18.1. The molecule has 2 heterocycles. The highest BCUT2D eigenvalue weighted by molar-refractivity contribution is 5.36. The first-order valence-corrected chi connectivity index (χ1v) is 6.41.